The number of carboxylic acids is 3. The lowest BCUT2D eigenvalue weighted by Gasteiger charge is -2.56. The fraction of sp³-hybridized carbons (Fsp3) is 0.792. The molecule has 3 rings (SSSR count). The van der Waals surface area contributed by atoms with E-state index in [1.54, 1.807) is 6.92 Å². The van der Waals surface area contributed by atoms with Crippen molar-refractivity contribution in [1.29, 1.82) is 0 Å². The minimum atomic E-state index is -1.11. The lowest BCUT2D eigenvalue weighted by atomic mass is 9.45. The van der Waals surface area contributed by atoms with Gasteiger partial charge in [-0.15, -0.1) is 0 Å². The van der Waals surface area contributed by atoms with Crippen LogP contribution in [0.5, 0.6) is 0 Å². The zero-order valence-electron chi connectivity index (χ0n) is 19.0. The van der Waals surface area contributed by atoms with Gasteiger partial charge in [0.1, 0.15) is 11.6 Å². The van der Waals surface area contributed by atoms with E-state index in [-0.39, 0.29) is 61.4 Å². The number of carbonyl (C=O) groups excluding carboxylic acids is 2. The maximum Gasteiger partial charge on any atom is 0.307 e. The summed E-state index contributed by atoms with van der Waals surface area (Å²) >= 11 is 0. The van der Waals surface area contributed by atoms with Crippen LogP contribution in [0.4, 0.5) is 0 Å². The van der Waals surface area contributed by atoms with Crippen molar-refractivity contribution in [1.82, 2.24) is 0 Å². The zero-order valence-corrected chi connectivity index (χ0v) is 19.0. The third-order valence-electron chi connectivity index (χ3n) is 9.30. The van der Waals surface area contributed by atoms with Crippen molar-refractivity contribution in [2.75, 3.05) is 0 Å². The quantitative estimate of drug-likeness (QED) is 0.511. The number of hydrogen-bond donors (Lipinski definition) is 3. The van der Waals surface area contributed by atoms with E-state index in [0.29, 0.717) is 12.8 Å². The second-order valence-electron chi connectivity index (χ2n) is 10.7. The van der Waals surface area contributed by atoms with E-state index < -0.39 is 46.5 Å². The second-order valence-corrected chi connectivity index (χ2v) is 10.7. The molecule has 0 aromatic carbocycles. The molecule has 0 amide bonds. The van der Waals surface area contributed by atoms with Crippen LogP contribution in [0.3, 0.4) is 0 Å². The molecule has 3 fully saturated rings. The molecular weight excluding hydrogens is 416 g/mol. The first-order chi connectivity index (χ1) is 14.8. The summed E-state index contributed by atoms with van der Waals surface area (Å²) in [6.45, 7) is 5.63. The van der Waals surface area contributed by atoms with Crippen LogP contribution in [-0.4, -0.2) is 44.8 Å². The van der Waals surface area contributed by atoms with Crippen LogP contribution in [0.15, 0.2) is 0 Å². The van der Waals surface area contributed by atoms with Gasteiger partial charge in [0.25, 0.3) is 0 Å². The highest BCUT2D eigenvalue weighted by Gasteiger charge is 2.66. The molecule has 0 saturated heterocycles. The summed E-state index contributed by atoms with van der Waals surface area (Å²) in [5.41, 5.74) is -1.69. The molecule has 0 radical (unpaired) electrons. The number of ketones is 2. The van der Waals surface area contributed by atoms with Gasteiger partial charge in [0.2, 0.25) is 0 Å². The van der Waals surface area contributed by atoms with Gasteiger partial charge in [-0.1, -0.05) is 20.8 Å². The smallest absolute Gasteiger partial charge is 0.307 e. The van der Waals surface area contributed by atoms with Crippen LogP contribution < -0.4 is 0 Å². The van der Waals surface area contributed by atoms with E-state index >= 15 is 0 Å². The zero-order chi connectivity index (χ0) is 24.0. The summed E-state index contributed by atoms with van der Waals surface area (Å²) in [6, 6.07) is 0. The van der Waals surface area contributed by atoms with E-state index in [2.05, 4.69) is 0 Å². The Morgan fingerprint density at radius 1 is 0.969 bits per heavy atom. The molecule has 8 atom stereocenters. The molecule has 3 aliphatic carbocycles. The molecule has 0 bridgehead atoms. The largest absolute Gasteiger partial charge is 0.481 e. The standard InChI is InChI=1S/C24H34O8/c1-12(4-7-19(27)28)13-5-6-14-21-15(11-18(26)24(13,14)3)23(2,9-8-20(29)30)16(22(31)32)10-17(21)25/h12-16,21H,4-11H2,1-3H3,(H,27,28)(H,29,30)(H,31,32). The molecule has 8 nitrogen and oxygen atoms in total. The monoisotopic (exact) mass is 450 g/mol. The van der Waals surface area contributed by atoms with Gasteiger partial charge < -0.3 is 15.3 Å². The van der Waals surface area contributed by atoms with E-state index in [9.17, 15) is 34.2 Å². The van der Waals surface area contributed by atoms with Gasteiger partial charge in [0.15, 0.2) is 0 Å². The van der Waals surface area contributed by atoms with E-state index in [0.717, 1.165) is 6.42 Å². The topological polar surface area (TPSA) is 146 Å². The van der Waals surface area contributed by atoms with Gasteiger partial charge in [-0.2, -0.15) is 0 Å². The summed E-state index contributed by atoms with van der Waals surface area (Å²) in [5, 5.41) is 28.1. The fourth-order valence-corrected chi connectivity index (χ4v) is 7.48. The van der Waals surface area contributed by atoms with Crippen LogP contribution in [-0.2, 0) is 24.0 Å². The minimum absolute atomic E-state index is 0.00816. The number of fused-ring (bicyclic) bond motifs is 3. The SMILES string of the molecule is CC(CCC(=O)O)C1CCC2C3C(=O)CC(C(=O)O)C(C)(CCC(=O)O)C3CC(=O)C12C. The minimum Gasteiger partial charge on any atom is -0.481 e. The van der Waals surface area contributed by atoms with Gasteiger partial charge in [-0.25, -0.2) is 0 Å². The molecule has 0 aromatic rings. The Balaban J connectivity index is 1.96. The molecule has 0 aliphatic heterocycles. The lowest BCUT2D eigenvalue weighted by Crippen LogP contribution is -2.60. The summed E-state index contributed by atoms with van der Waals surface area (Å²) in [6.07, 6.45) is 1.76. The number of hydrogen-bond acceptors (Lipinski definition) is 5. The van der Waals surface area contributed by atoms with Crippen molar-refractivity contribution in [2.45, 2.75) is 72.1 Å². The number of Topliss-reactive ketones (excluding diaryl/α,β-unsaturated/α-hetero) is 2. The Bertz CT molecular complexity index is 834. The van der Waals surface area contributed by atoms with Crippen molar-refractivity contribution >= 4 is 29.5 Å². The normalized spacial score (nSPS) is 39.8. The molecule has 0 heterocycles. The highest BCUT2D eigenvalue weighted by molar-refractivity contribution is 5.94. The third kappa shape index (κ3) is 3.86. The maximum atomic E-state index is 13.6. The van der Waals surface area contributed by atoms with Crippen molar-refractivity contribution in [2.24, 2.45) is 46.3 Å². The first kappa shape index (κ1) is 24.4. The van der Waals surface area contributed by atoms with E-state index in [4.69, 9.17) is 5.11 Å². The van der Waals surface area contributed by atoms with Gasteiger partial charge >= 0.3 is 17.9 Å². The average molecular weight is 451 g/mol. The predicted octanol–water partition coefficient (Wildman–Crippen LogP) is 3.27. The molecule has 8 heteroatoms. The number of rotatable bonds is 8. The molecule has 32 heavy (non-hydrogen) atoms. The summed E-state index contributed by atoms with van der Waals surface area (Å²) < 4.78 is 0. The molecule has 8 unspecified atom stereocenters. The third-order valence-corrected chi connectivity index (χ3v) is 9.30. The van der Waals surface area contributed by atoms with Gasteiger partial charge in [0.05, 0.1) is 5.92 Å². The van der Waals surface area contributed by atoms with Crippen LogP contribution >= 0.6 is 0 Å². The molecular formula is C24H34O8. The Morgan fingerprint density at radius 2 is 1.59 bits per heavy atom. The molecule has 3 aliphatic rings. The first-order valence-corrected chi connectivity index (χ1v) is 11.6. The maximum absolute atomic E-state index is 13.6. The summed E-state index contributed by atoms with van der Waals surface area (Å²) in [4.78, 5) is 61.3. The Kier molecular flexibility index (Phi) is 6.55. The highest BCUT2D eigenvalue weighted by atomic mass is 16.4. The molecule has 0 spiro atoms. The molecule has 178 valence electrons. The average Bonchev–Trinajstić information content (AvgIpc) is 3.06. The van der Waals surface area contributed by atoms with Crippen molar-refractivity contribution in [3.8, 4) is 0 Å². The Labute approximate surface area is 187 Å². The van der Waals surface area contributed by atoms with Crippen molar-refractivity contribution in [3.05, 3.63) is 0 Å². The van der Waals surface area contributed by atoms with Crippen LogP contribution in [0.25, 0.3) is 0 Å². The first-order valence-electron chi connectivity index (χ1n) is 11.6. The number of carboxylic acid groups (broad SMARTS) is 3. The molecule has 3 saturated carbocycles. The van der Waals surface area contributed by atoms with Crippen LogP contribution in [0, 0.1) is 46.3 Å². The Morgan fingerprint density at radius 3 is 2.16 bits per heavy atom. The summed E-state index contributed by atoms with van der Waals surface area (Å²) in [5.74, 6) is -5.28. The molecule has 3 N–H and O–H groups in total. The van der Waals surface area contributed by atoms with Crippen LogP contribution in [0.2, 0.25) is 0 Å². The second kappa shape index (κ2) is 8.60. The molecule has 0 aromatic heterocycles. The number of carbonyl (C=O) groups is 5. The van der Waals surface area contributed by atoms with Crippen molar-refractivity contribution < 1.29 is 39.3 Å². The fourth-order valence-electron chi connectivity index (χ4n) is 7.48. The summed E-state index contributed by atoms with van der Waals surface area (Å²) in [7, 11) is 0. The van der Waals surface area contributed by atoms with Gasteiger partial charge in [0, 0.05) is 37.0 Å². The van der Waals surface area contributed by atoms with Crippen molar-refractivity contribution in [3.63, 3.8) is 0 Å². The van der Waals surface area contributed by atoms with Gasteiger partial charge in [-0.3, -0.25) is 24.0 Å². The predicted molar refractivity (Wildman–Crippen MR) is 113 cm³/mol. The number of aliphatic carboxylic acids is 3. The highest BCUT2D eigenvalue weighted by Crippen LogP contribution is 2.65. The van der Waals surface area contributed by atoms with Gasteiger partial charge in [-0.05, 0) is 54.8 Å². The van der Waals surface area contributed by atoms with Crippen LogP contribution in [0.1, 0.15) is 72.1 Å². The Hall–Kier alpha value is -2.25. The lowest BCUT2D eigenvalue weighted by molar-refractivity contribution is -0.174. The van der Waals surface area contributed by atoms with E-state index in [1.165, 1.54) is 0 Å². The van der Waals surface area contributed by atoms with E-state index in [1.807, 2.05) is 13.8 Å².